The van der Waals surface area contributed by atoms with E-state index in [0.29, 0.717) is 16.5 Å². The normalized spacial score (nSPS) is 24.1. The molecule has 11 heteroatoms. The van der Waals surface area contributed by atoms with Gasteiger partial charge in [0.05, 0.1) is 0 Å². The van der Waals surface area contributed by atoms with E-state index in [2.05, 4.69) is 5.32 Å². The SMILES string of the molecule is C/C=C1/SC[C@H]([I-]C(=O)OC(C)(C)C)C(=O)N(Cc2ccc(Cl)cc2)/C1=C/CC(=O)N[C@@H]1CC1(F)F. The van der Waals surface area contributed by atoms with E-state index in [1.165, 1.54) is 11.8 Å². The van der Waals surface area contributed by atoms with E-state index in [9.17, 15) is 23.2 Å². The van der Waals surface area contributed by atoms with E-state index in [1.807, 2.05) is 13.0 Å². The van der Waals surface area contributed by atoms with E-state index < -0.39 is 48.6 Å². The molecule has 198 valence electrons. The van der Waals surface area contributed by atoms with Crippen LogP contribution in [0.1, 0.15) is 46.1 Å². The van der Waals surface area contributed by atoms with Gasteiger partial charge in [-0.2, -0.15) is 0 Å². The maximum atomic E-state index is 13.7. The van der Waals surface area contributed by atoms with Crippen LogP contribution >= 0.6 is 23.4 Å². The maximum absolute atomic E-state index is 13.7. The van der Waals surface area contributed by atoms with Gasteiger partial charge in [0.15, 0.2) is 0 Å². The summed E-state index contributed by atoms with van der Waals surface area (Å²) in [7, 11) is 0. The fraction of sp³-hybridized carbons (Fsp3) is 0.480. The Hall–Kier alpha value is -1.66. The number of thioether (sulfide) groups is 1. The van der Waals surface area contributed by atoms with Crippen molar-refractivity contribution in [3.63, 3.8) is 0 Å². The molecular weight excluding hydrogens is 625 g/mol. The Labute approximate surface area is 229 Å². The van der Waals surface area contributed by atoms with Crippen molar-refractivity contribution in [2.45, 2.75) is 68.6 Å². The molecule has 0 aromatic heterocycles. The summed E-state index contributed by atoms with van der Waals surface area (Å²) in [5.41, 5.74) is 0.694. The van der Waals surface area contributed by atoms with Crippen LogP contribution in [0.15, 0.2) is 47.0 Å². The van der Waals surface area contributed by atoms with Gasteiger partial charge < -0.3 is 0 Å². The van der Waals surface area contributed by atoms with Crippen molar-refractivity contribution in [2.75, 3.05) is 5.75 Å². The minimum absolute atomic E-state index is 0.157. The van der Waals surface area contributed by atoms with E-state index in [1.54, 1.807) is 56.0 Å². The van der Waals surface area contributed by atoms with Crippen LogP contribution in [0.2, 0.25) is 5.02 Å². The third-order valence-corrected chi connectivity index (χ3v) is 9.79. The van der Waals surface area contributed by atoms with E-state index >= 15 is 0 Å². The fourth-order valence-corrected chi connectivity index (χ4v) is 7.62. The second kappa shape index (κ2) is 11.8. The Morgan fingerprint density at radius 2 is 1.94 bits per heavy atom. The number of benzene rings is 1. The summed E-state index contributed by atoms with van der Waals surface area (Å²) >= 11 is 6.17. The first-order valence-corrected chi connectivity index (χ1v) is 15.1. The Balaban J connectivity index is 1.87. The molecule has 2 atom stereocenters. The van der Waals surface area contributed by atoms with Crippen molar-refractivity contribution in [1.29, 1.82) is 0 Å². The van der Waals surface area contributed by atoms with Crippen molar-refractivity contribution in [3.8, 4) is 0 Å². The predicted molar refractivity (Wildman–Crippen MR) is 132 cm³/mol. The fourth-order valence-electron chi connectivity index (χ4n) is 3.37. The van der Waals surface area contributed by atoms with Gasteiger partial charge in [0.2, 0.25) is 0 Å². The first-order valence-electron chi connectivity index (χ1n) is 11.4. The molecule has 3 rings (SSSR count). The van der Waals surface area contributed by atoms with Crippen LogP contribution in [0.25, 0.3) is 0 Å². The number of nitrogens with one attached hydrogen (secondary N) is 1. The number of carbonyl (C=O) groups is 3. The summed E-state index contributed by atoms with van der Waals surface area (Å²) < 4.78 is 31.0. The molecular formula is C25H29ClF2IN2O4S-. The second-order valence-electron chi connectivity index (χ2n) is 9.42. The molecule has 2 amide bonds. The molecule has 1 heterocycles. The number of ether oxygens (including phenoxy) is 1. The van der Waals surface area contributed by atoms with E-state index in [-0.39, 0.29) is 29.3 Å². The van der Waals surface area contributed by atoms with Gasteiger partial charge in [-0.1, -0.05) is 0 Å². The first kappa shape index (κ1) is 28.9. The topological polar surface area (TPSA) is 75.7 Å². The molecule has 2 fully saturated rings. The number of amides is 2. The molecule has 0 radical (unpaired) electrons. The van der Waals surface area contributed by atoms with Gasteiger partial charge in [-0.25, -0.2) is 0 Å². The quantitative estimate of drug-likeness (QED) is 0.278. The third kappa shape index (κ3) is 8.17. The zero-order valence-electron chi connectivity index (χ0n) is 20.4. The standard InChI is InChI=1S/C25H29ClF2IN2O4S/c1-5-19-18(10-11-21(32)30-20-12-25(20,27)28)31(13-15-6-8-16(26)9-7-15)22(33)17(14-36-19)29-23(34)35-24(2,3)4/h5-10,17,20H,11-14H2,1-4H3,(H,30,32)/q-1/b18-10+,19-5+/t17-,20+/m0/s1. The molecule has 1 saturated heterocycles. The zero-order chi connectivity index (χ0) is 26.7. The molecule has 0 bridgehead atoms. The Morgan fingerprint density at radius 1 is 1.31 bits per heavy atom. The molecule has 0 unspecified atom stereocenters. The van der Waals surface area contributed by atoms with Gasteiger partial charge in [0.25, 0.3) is 0 Å². The minimum atomic E-state index is -2.86. The van der Waals surface area contributed by atoms with Gasteiger partial charge in [0.1, 0.15) is 0 Å². The van der Waals surface area contributed by atoms with Crippen molar-refractivity contribution in [1.82, 2.24) is 10.2 Å². The van der Waals surface area contributed by atoms with Gasteiger partial charge >= 0.3 is 230 Å². The number of hydrogen-bond acceptors (Lipinski definition) is 5. The van der Waals surface area contributed by atoms with Crippen molar-refractivity contribution in [3.05, 3.63) is 57.6 Å². The molecule has 36 heavy (non-hydrogen) atoms. The van der Waals surface area contributed by atoms with Crippen LogP contribution in [0.5, 0.6) is 0 Å². The average Bonchev–Trinajstić information content (AvgIpc) is 3.40. The van der Waals surface area contributed by atoms with Crippen LogP contribution in [0.4, 0.5) is 13.6 Å². The molecule has 0 spiro atoms. The predicted octanol–water partition coefficient (Wildman–Crippen LogP) is 2.51. The Kier molecular flexibility index (Phi) is 9.48. The summed E-state index contributed by atoms with van der Waals surface area (Å²) in [6.07, 6.45) is 2.93. The molecule has 1 N–H and O–H groups in total. The number of allylic oxidation sites excluding steroid dienone is 1. The number of carbonyl (C=O) groups excluding carboxylic acids is 3. The second-order valence-corrected chi connectivity index (χ2v) is 13.9. The van der Waals surface area contributed by atoms with Gasteiger partial charge in [-0.05, 0) is 0 Å². The average molecular weight is 654 g/mol. The number of nitrogens with zero attached hydrogens (tertiary/aromatic N) is 1. The van der Waals surface area contributed by atoms with Crippen LogP contribution in [-0.4, -0.2) is 47.9 Å². The van der Waals surface area contributed by atoms with Crippen LogP contribution in [0.3, 0.4) is 0 Å². The summed E-state index contributed by atoms with van der Waals surface area (Å²) in [6, 6.07) is 5.92. The number of alkyl halides is 3. The van der Waals surface area contributed by atoms with Crippen molar-refractivity contribution >= 4 is 39.2 Å². The summed E-state index contributed by atoms with van der Waals surface area (Å²) in [5.74, 6) is -3.22. The van der Waals surface area contributed by atoms with Crippen LogP contribution in [-0.2, 0) is 20.9 Å². The van der Waals surface area contributed by atoms with Crippen LogP contribution < -0.4 is 26.5 Å². The number of hydrogen-bond donors (Lipinski definition) is 1. The van der Waals surface area contributed by atoms with Crippen LogP contribution in [0, 0.1) is 0 Å². The summed E-state index contributed by atoms with van der Waals surface area (Å²) in [6.45, 7) is 7.39. The molecule has 6 nitrogen and oxygen atoms in total. The molecule has 2 aliphatic rings. The third-order valence-electron chi connectivity index (χ3n) is 5.23. The van der Waals surface area contributed by atoms with E-state index in [4.69, 9.17) is 16.3 Å². The molecule has 1 aliphatic carbocycles. The molecule has 1 saturated carbocycles. The summed E-state index contributed by atoms with van der Waals surface area (Å²) in [4.78, 5) is 41.0. The molecule has 1 aromatic rings. The zero-order valence-corrected chi connectivity index (χ0v) is 24.2. The van der Waals surface area contributed by atoms with Gasteiger partial charge in [-0.3, -0.25) is 0 Å². The molecule has 1 aliphatic heterocycles. The van der Waals surface area contributed by atoms with Crippen molar-refractivity contribution < 1.29 is 49.1 Å². The Bertz CT molecular complexity index is 1070. The van der Waals surface area contributed by atoms with Crippen molar-refractivity contribution in [2.24, 2.45) is 0 Å². The summed E-state index contributed by atoms with van der Waals surface area (Å²) in [5, 5.41) is 2.90. The van der Waals surface area contributed by atoms with Gasteiger partial charge in [0, 0.05) is 0 Å². The first-order chi connectivity index (χ1) is 16.8. The Morgan fingerprint density at radius 3 is 2.50 bits per heavy atom. The van der Waals surface area contributed by atoms with Gasteiger partial charge in [-0.15, -0.1) is 0 Å². The monoisotopic (exact) mass is 653 g/mol. The number of rotatable bonds is 7. The number of halogens is 4. The molecule has 1 aromatic carbocycles. The van der Waals surface area contributed by atoms with E-state index in [0.717, 1.165) is 10.5 Å².